The number of rotatable bonds is 10. The van der Waals surface area contributed by atoms with E-state index in [0.29, 0.717) is 32.2 Å². The van der Waals surface area contributed by atoms with Gasteiger partial charge in [-0.3, -0.25) is 4.79 Å². The number of carbonyl (C=O) groups is 1. The average molecular weight is 355 g/mol. The van der Waals surface area contributed by atoms with Gasteiger partial charge in [-0.05, 0) is 71.0 Å². The molecule has 0 saturated carbocycles. The van der Waals surface area contributed by atoms with Crippen molar-refractivity contribution in [2.45, 2.75) is 59.0 Å². The van der Waals surface area contributed by atoms with Crippen LogP contribution in [0.25, 0.3) is 0 Å². The molecule has 5 heteroatoms. The van der Waals surface area contributed by atoms with E-state index in [9.17, 15) is 4.79 Å². The fourth-order valence-corrected chi connectivity index (χ4v) is 4.13. The lowest BCUT2D eigenvalue weighted by atomic mass is 9.84. The minimum atomic E-state index is 0.237. The molecule has 2 aliphatic heterocycles. The Kier molecular flexibility index (Phi) is 9.21. The standard InChI is InChI=1S/C20H38N2O3/c1-4-9-21-10-5-18(6-11-21)19-7-12-22(16-19)20(23)8-13-24-14-15-25-17(2)3/h17-19H,4-16H2,1-3H3. The quantitative estimate of drug-likeness (QED) is 0.566. The smallest absolute Gasteiger partial charge is 0.224 e. The maximum Gasteiger partial charge on any atom is 0.224 e. The number of ether oxygens (including phenoxy) is 2. The third kappa shape index (κ3) is 7.24. The lowest BCUT2D eigenvalue weighted by Gasteiger charge is -2.34. The van der Waals surface area contributed by atoms with Crippen molar-refractivity contribution in [2.24, 2.45) is 11.8 Å². The Balaban J connectivity index is 1.58. The molecular weight excluding hydrogens is 316 g/mol. The van der Waals surface area contributed by atoms with Gasteiger partial charge in [0.1, 0.15) is 0 Å². The van der Waals surface area contributed by atoms with E-state index in [1.807, 2.05) is 13.8 Å². The van der Waals surface area contributed by atoms with Crippen molar-refractivity contribution in [2.75, 3.05) is 52.5 Å². The summed E-state index contributed by atoms with van der Waals surface area (Å²) < 4.78 is 10.9. The number of carbonyl (C=O) groups excluding carboxylic acids is 1. The molecule has 0 spiro atoms. The van der Waals surface area contributed by atoms with Gasteiger partial charge in [0, 0.05) is 13.1 Å². The SMILES string of the molecule is CCCN1CCC(C2CCN(C(=O)CCOCCOC(C)C)C2)CC1. The van der Waals surface area contributed by atoms with Gasteiger partial charge in [-0.15, -0.1) is 0 Å². The van der Waals surface area contributed by atoms with E-state index in [1.165, 1.54) is 45.3 Å². The predicted octanol–water partition coefficient (Wildman–Crippen LogP) is 2.79. The lowest BCUT2D eigenvalue weighted by molar-refractivity contribution is -0.131. The maximum atomic E-state index is 12.4. The molecule has 0 radical (unpaired) electrons. The summed E-state index contributed by atoms with van der Waals surface area (Å²) in [4.78, 5) is 17.0. The van der Waals surface area contributed by atoms with E-state index in [4.69, 9.17) is 9.47 Å². The molecule has 1 amide bonds. The molecule has 146 valence electrons. The zero-order chi connectivity index (χ0) is 18.1. The normalized spacial score (nSPS) is 22.9. The Morgan fingerprint density at radius 1 is 1.04 bits per heavy atom. The second-order valence-corrected chi connectivity index (χ2v) is 7.85. The number of amides is 1. The molecular formula is C20H38N2O3. The first-order valence-electron chi connectivity index (χ1n) is 10.3. The zero-order valence-electron chi connectivity index (χ0n) is 16.5. The zero-order valence-corrected chi connectivity index (χ0v) is 16.5. The van der Waals surface area contributed by atoms with Crippen LogP contribution in [0, 0.1) is 11.8 Å². The van der Waals surface area contributed by atoms with Crippen LogP contribution in [0.15, 0.2) is 0 Å². The van der Waals surface area contributed by atoms with Crippen LogP contribution in [-0.4, -0.2) is 74.4 Å². The highest BCUT2D eigenvalue weighted by molar-refractivity contribution is 5.76. The Morgan fingerprint density at radius 2 is 1.76 bits per heavy atom. The molecule has 5 nitrogen and oxygen atoms in total. The molecule has 0 N–H and O–H groups in total. The van der Waals surface area contributed by atoms with Gasteiger partial charge >= 0.3 is 0 Å². The minimum absolute atomic E-state index is 0.237. The minimum Gasteiger partial charge on any atom is -0.379 e. The first kappa shape index (κ1) is 20.7. The fourth-order valence-electron chi connectivity index (χ4n) is 4.13. The third-order valence-electron chi connectivity index (χ3n) is 5.56. The molecule has 0 bridgehead atoms. The summed E-state index contributed by atoms with van der Waals surface area (Å²) in [7, 11) is 0. The van der Waals surface area contributed by atoms with Crippen LogP contribution in [-0.2, 0) is 14.3 Å². The molecule has 25 heavy (non-hydrogen) atoms. The summed E-state index contributed by atoms with van der Waals surface area (Å²) >= 11 is 0. The molecule has 2 saturated heterocycles. The molecule has 1 atom stereocenters. The van der Waals surface area contributed by atoms with E-state index >= 15 is 0 Å². The van der Waals surface area contributed by atoms with Crippen LogP contribution in [0.1, 0.15) is 52.9 Å². The van der Waals surface area contributed by atoms with E-state index in [-0.39, 0.29) is 12.0 Å². The second-order valence-electron chi connectivity index (χ2n) is 7.85. The van der Waals surface area contributed by atoms with Crippen LogP contribution < -0.4 is 0 Å². The average Bonchev–Trinajstić information content (AvgIpc) is 3.08. The van der Waals surface area contributed by atoms with Crippen molar-refractivity contribution in [3.63, 3.8) is 0 Å². The van der Waals surface area contributed by atoms with E-state index in [2.05, 4.69) is 16.7 Å². The summed E-state index contributed by atoms with van der Waals surface area (Å²) in [5.74, 6) is 1.79. The van der Waals surface area contributed by atoms with Gasteiger partial charge in [0.2, 0.25) is 5.91 Å². The van der Waals surface area contributed by atoms with E-state index in [1.54, 1.807) is 0 Å². The highest BCUT2D eigenvalue weighted by Crippen LogP contribution is 2.32. The molecule has 2 rings (SSSR count). The molecule has 2 heterocycles. The van der Waals surface area contributed by atoms with Gasteiger partial charge in [0.15, 0.2) is 0 Å². The van der Waals surface area contributed by atoms with Crippen LogP contribution in [0.2, 0.25) is 0 Å². The third-order valence-corrected chi connectivity index (χ3v) is 5.56. The number of hydrogen-bond acceptors (Lipinski definition) is 4. The molecule has 0 aromatic rings. The van der Waals surface area contributed by atoms with Crippen molar-refractivity contribution < 1.29 is 14.3 Å². The fraction of sp³-hybridized carbons (Fsp3) is 0.950. The van der Waals surface area contributed by atoms with Gasteiger partial charge in [-0.2, -0.15) is 0 Å². The first-order valence-corrected chi connectivity index (χ1v) is 10.3. The molecule has 2 fully saturated rings. The molecule has 1 unspecified atom stereocenters. The van der Waals surface area contributed by atoms with Crippen molar-refractivity contribution in [1.29, 1.82) is 0 Å². The van der Waals surface area contributed by atoms with Crippen LogP contribution in [0.5, 0.6) is 0 Å². The van der Waals surface area contributed by atoms with Crippen molar-refractivity contribution in [3.05, 3.63) is 0 Å². The Hall–Kier alpha value is -0.650. The largest absolute Gasteiger partial charge is 0.379 e. The van der Waals surface area contributed by atoms with Crippen molar-refractivity contribution >= 4 is 5.91 Å². The highest BCUT2D eigenvalue weighted by atomic mass is 16.5. The van der Waals surface area contributed by atoms with Crippen LogP contribution >= 0.6 is 0 Å². The summed E-state index contributed by atoms with van der Waals surface area (Å²) in [6.07, 6.45) is 5.80. The summed E-state index contributed by atoms with van der Waals surface area (Å²) in [6.45, 7) is 13.6. The summed E-state index contributed by atoms with van der Waals surface area (Å²) in [5, 5.41) is 0. The summed E-state index contributed by atoms with van der Waals surface area (Å²) in [6, 6.07) is 0. The van der Waals surface area contributed by atoms with Gasteiger partial charge in [-0.25, -0.2) is 0 Å². The predicted molar refractivity (Wildman–Crippen MR) is 101 cm³/mol. The lowest BCUT2D eigenvalue weighted by Crippen LogP contribution is -2.37. The number of hydrogen-bond donors (Lipinski definition) is 0. The van der Waals surface area contributed by atoms with Crippen molar-refractivity contribution in [1.82, 2.24) is 9.80 Å². The van der Waals surface area contributed by atoms with Crippen molar-refractivity contribution in [3.8, 4) is 0 Å². The first-order chi connectivity index (χ1) is 12.1. The molecule has 0 aliphatic carbocycles. The van der Waals surface area contributed by atoms with E-state index in [0.717, 1.165) is 19.0 Å². The van der Waals surface area contributed by atoms with Gasteiger partial charge in [0.25, 0.3) is 0 Å². The topological polar surface area (TPSA) is 42.0 Å². The van der Waals surface area contributed by atoms with E-state index < -0.39 is 0 Å². The number of likely N-dealkylation sites (tertiary alicyclic amines) is 2. The van der Waals surface area contributed by atoms with Gasteiger partial charge < -0.3 is 19.3 Å². The van der Waals surface area contributed by atoms with Gasteiger partial charge in [0.05, 0.1) is 32.3 Å². The Bertz CT molecular complexity index is 381. The Morgan fingerprint density at radius 3 is 2.44 bits per heavy atom. The Labute approximate surface area is 154 Å². The number of piperidine rings is 1. The van der Waals surface area contributed by atoms with Gasteiger partial charge in [-0.1, -0.05) is 6.92 Å². The molecule has 0 aromatic heterocycles. The maximum absolute atomic E-state index is 12.4. The second kappa shape index (κ2) is 11.1. The van der Waals surface area contributed by atoms with Crippen LogP contribution in [0.3, 0.4) is 0 Å². The summed E-state index contributed by atoms with van der Waals surface area (Å²) in [5.41, 5.74) is 0. The number of nitrogens with zero attached hydrogens (tertiary/aromatic N) is 2. The van der Waals surface area contributed by atoms with Crippen LogP contribution in [0.4, 0.5) is 0 Å². The molecule has 0 aromatic carbocycles. The molecule has 2 aliphatic rings. The highest BCUT2D eigenvalue weighted by Gasteiger charge is 2.33. The monoisotopic (exact) mass is 354 g/mol.